The van der Waals surface area contributed by atoms with Gasteiger partial charge < -0.3 is 4.90 Å². The van der Waals surface area contributed by atoms with E-state index in [1.165, 1.54) is 17.3 Å². The van der Waals surface area contributed by atoms with Crippen LogP contribution in [-0.4, -0.2) is 67.3 Å². The molecule has 0 radical (unpaired) electrons. The Hall–Kier alpha value is -1.93. The van der Waals surface area contributed by atoms with Gasteiger partial charge in [-0.15, -0.1) is 5.10 Å². The molecule has 1 saturated heterocycles. The number of amides is 1. The van der Waals surface area contributed by atoms with Gasteiger partial charge in [0.1, 0.15) is 0 Å². The highest BCUT2D eigenvalue weighted by atomic mass is 32.2. The van der Waals surface area contributed by atoms with Crippen molar-refractivity contribution in [2.75, 3.05) is 26.2 Å². The predicted molar refractivity (Wildman–Crippen MR) is 106 cm³/mol. The van der Waals surface area contributed by atoms with Gasteiger partial charge >= 0.3 is 0 Å². The van der Waals surface area contributed by atoms with E-state index in [9.17, 15) is 4.79 Å². The highest BCUT2D eigenvalue weighted by molar-refractivity contribution is 8.00. The Morgan fingerprint density at radius 3 is 2.44 bits per heavy atom. The summed E-state index contributed by atoms with van der Waals surface area (Å²) in [6.07, 6.45) is 0. The maximum Gasteiger partial charge on any atom is 0.235 e. The molecule has 2 heterocycles. The molecule has 0 bridgehead atoms. The lowest BCUT2D eigenvalue weighted by molar-refractivity contribution is -0.132. The molecule has 0 N–H and O–H groups in total. The Balaban J connectivity index is 1.52. The van der Waals surface area contributed by atoms with E-state index in [-0.39, 0.29) is 16.7 Å². The molecule has 146 valence electrons. The van der Waals surface area contributed by atoms with Crippen molar-refractivity contribution in [3.8, 4) is 0 Å². The van der Waals surface area contributed by atoms with Gasteiger partial charge in [0.05, 0.1) is 10.8 Å². The van der Waals surface area contributed by atoms with Crippen LogP contribution < -0.4 is 0 Å². The summed E-state index contributed by atoms with van der Waals surface area (Å²) in [5.74, 6) is 0.155. The molecule has 1 atom stereocenters. The average molecular weight is 389 g/mol. The molecule has 1 aromatic carbocycles. The van der Waals surface area contributed by atoms with Crippen LogP contribution in [0.1, 0.15) is 33.3 Å². The van der Waals surface area contributed by atoms with Crippen LogP contribution in [0.3, 0.4) is 0 Å². The second-order valence-electron chi connectivity index (χ2n) is 7.89. The molecule has 27 heavy (non-hydrogen) atoms. The fourth-order valence-corrected chi connectivity index (χ4v) is 4.17. The molecule has 1 fully saturated rings. The molecular formula is C19H28N6OS. The fraction of sp³-hybridized carbons (Fsp3) is 0.579. The molecule has 7 nitrogen and oxygen atoms in total. The predicted octanol–water partition coefficient (Wildman–Crippen LogP) is 2.25. The van der Waals surface area contributed by atoms with Gasteiger partial charge in [-0.05, 0) is 43.7 Å². The first-order valence-corrected chi connectivity index (χ1v) is 10.2. The van der Waals surface area contributed by atoms with Crippen LogP contribution in [0.2, 0.25) is 0 Å². The summed E-state index contributed by atoms with van der Waals surface area (Å²) in [4.78, 5) is 17.2. The molecular weight excluding hydrogens is 360 g/mol. The number of rotatable bonds is 5. The normalized spacial score (nSPS) is 17.1. The van der Waals surface area contributed by atoms with Gasteiger partial charge in [0.25, 0.3) is 0 Å². The Bertz CT molecular complexity index is 749. The minimum absolute atomic E-state index is 0.155. The van der Waals surface area contributed by atoms with Gasteiger partial charge in [0.2, 0.25) is 11.1 Å². The van der Waals surface area contributed by atoms with E-state index in [0.717, 1.165) is 32.7 Å². The fourth-order valence-electron chi connectivity index (χ4n) is 3.11. The maximum atomic E-state index is 12.9. The van der Waals surface area contributed by atoms with Crippen molar-refractivity contribution >= 4 is 17.7 Å². The second-order valence-corrected chi connectivity index (χ2v) is 9.20. The first-order chi connectivity index (χ1) is 12.8. The van der Waals surface area contributed by atoms with Crippen LogP contribution in [0.4, 0.5) is 0 Å². The van der Waals surface area contributed by atoms with Gasteiger partial charge in [-0.25, -0.2) is 4.68 Å². The van der Waals surface area contributed by atoms with Gasteiger partial charge in [-0.2, -0.15) is 0 Å². The number of tetrazole rings is 1. The lowest BCUT2D eigenvalue weighted by atomic mass is 10.1. The zero-order chi connectivity index (χ0) is 19.4. The minimum Gasteiger partial charge on any atom is -0.339 e. The summed E-state index contributed by atoms with van der Waals surface area (Å²) in [6, 6.07) is 10.5. The third-order valence-corrected chi connectivity index (χ3v) is 5.66. The van der Waals surface area contributed by atoms with Crippen molar-refractivity contribution in [3.63, 3.8) is 0 Å². The van der Waals surface area contributed by atoms with Crippen LogP contribution in [0.15, 0.2) is 35.5 Å². The molecule has 1 aliphatic heterocycles. The van der Waals surface area contributed by atoms with Crippen molar-refractivity contribution in [2.45, 2.75) is 50.2 Å². The van der Waals surface area contributed by atoms with Crippen LogP contribution in [-0.2, 0) is 16.9 Å². The van der Waals surface area contributed by atoms with Crippen molar-refractivity contribution in [1.29, 1.82) is 0 Å². The van der Waals surface area contributed by atoms with Gasteiger partial charge in [0.15, 0.2) is 0 Å². The van der Waals surface area contributed by atoms with Crippen LogP contribution in [0.5, 0.6) is 0 Å². The van der Waals surface area contributed by atoms with E-state index >= 15 is 0 Å². The summed E-state index contributed by atoms with van der Waals surface area (Å²) >= 11 is 1.43. The van der Waals surface area contributed by atoms with E-state index in [0.29, 0.717) is 5.16 Å². The van der Waals surface area contributed by atoms with E-state index in [1.54, 1.807) is 4.68 Å². The molecule has 0 aliphatic carbocycles. The summed E-state index contributed by atoms with van der Waals surface area (Å²) in [6.45, 7) is 12.3. The SMILES string of the molecule is C[C@H](Sc1nnnn1C(C)(C)C)C(=O)N1CCN(Cc2ccccc2)CC1. The Labute approximate surface area is 165 Å². The van der Waals surface area contributed by atoms with Crippen molar-refractivity contribution in [1.82, 2.24) is 30.0 Å². The van der Waals surface area contributed by atoms with Crippen molar-refractivity contribution in [3.05, 3.63) is 35.9 Å². The van der Waals surface area contributed by atoms with Crippen LogP contribution >= 0.6 is 11.8 Å². The molecule has 1 aromatic heterocycles. The van der Waals surface area contributed by atoms with Gasteiger partial charge in [0, 0.05) is 32.7 Å². The first kappa shape index (κ1) is 19.8. The molecule has 3 rings (SSSR count). The van der Waals surface area contributed by atoms with Gasteiger partial charge in [-0.1, -0.05) is 42.1 Å². The van der Waals surface area contributed by atoms with E-state index < -0.39 is 0 Å². The summed E-state index contributed by atoms with van der Waals surface area (Å²) in [7, 11) is 0. The van der Waals surface area contributed by atoms with E-state index in [2.05, 4.69) is 44.7 Å². The molecule has 1 amide bonds. The Kier molecular flexibility index (Phi) is 6.16. The summed E-state index contributed by atoms with van der Waals surface area (Å²) in [5.41, 5.74) is 1.10. The molecule has 0 unspecified atom stereocenters. The minimum atomic E-state index is -0.211. The lowest BCUT2D eigenvalue weighted by Crippen LogP contribution is -2.50. The zero-order valence-corrected chi connectivity index (χ0v) is 17.3. The molecule has 1 aliphatic rings. The molecule has 8 heteroatoms. The van der Waals surface area contributed by atoms with E-state index in [1.807, 2.05) is 38.7 Å². The van der Waals surface area contributed by atoms with E-state index in [4.69, 9.17) is 0 Å². The summed E-state index contributed by atoms with van der Waals surface area (Å²) < 4.78 is 1.78. The number of aromatic nitrogens is 4. The monoisotopic (exact) mass is 388 g/mol. The lowest BCUT2D eigenvalue weighted by Gasteiger charge is -2.35. The number of piperazine rings is 1. The first-order valence-electron chi connectivity index (χ1n) is 9.35. The number of hydrogen-bond acceptors (Lipinski definition) is 6. The summed E-state index contributed by atoms with van der Waals surface area (Å²) in [5, 5.41) is 12.4. The highest BCUT2D eigenvalue weighted by Crippen LogP contribution is 2.26. The maximum absolute atomic E-state index is 12.9. The second kappa shape index (κ2) is 8.39. The number of hydrogen-bond donors (Lipinski definition) is 0. The number of carbonyl (C=O) groups is 1. The van der Waals surface area contributed by atoms with Crippen molar-refractivity contribution in [2.24, 2.45) is 0 Å². The molecule has 0 saturated carbocycles. The van der Waals surface area contributed by atoms with Crippen LogP contribution in [0, 0.1) is 0 Å². The third-order valence-electron chi connectivity index (χ3n) is 4.64. The number of nitrogens with zero attached hydrogens (tertiary/aromatic N) is 6. The van der Waals surface area contributed by atoms with Crippen molar-refractivity contribution < 1.29 is 4.79 Å². The number of carbonyl (C=O) groups excluding carboxylic acids is 1. The zero-order valence-electron chi connectivity index (χ0n) is 16.5. The molecule has 0 spiro atoms. The quantitative estimate of drug-likeness (QED) is 0.732. The molecule has 2 aromatic rings. The third kappa shape index (κ3) is 5.07. The van der Waals surface area contributed by atoms with Gasteiger partial charge in [-0.3, -0.25) is 9.69 Å². The smallest absolute Gasteiger partial charge is 0.235 e. The highest BCUT2D eigenvalue weighted by Gasteiger charge is 2.28. The largest absolute Gasteiger partial charge is 0.339 e. The Morgan fingerprint density at radius 2 is 1.81 bits per heavy atom. The topological polar surface area (TPSA) is 67.2 Å². The standard InChI is InChI=1S/C19H28N6OS/c1-15(27-18-20-21-22-25(18)19(2,3)4)17(26)24-12-10-23(11-13-24)14-16-8-6-5-7-9-16/h5-9,15H,10-14H2,1-4H3/t15-/m0/s1. The number of thioether (sulfide) groups is 1. The average Bonchev–Trinajstić information content (AvgIpc) is 3.11. The van der Waals surface area contributed by atoms with Crippen LogP contribution in [0.25, 0.3) is 0 Å². The Morgan fingerprint density at radius 1 is 1.15 bits per heavy atom. The number of benzene rings is 1.